The van der Waals surface area contributed by atoms with Crippen LogP contribution in [0.1, 0.15) is 18.4 Å². The van der Waals surface area contributed by atoms with Crippen molar-refractivity contribution in [3.8, 4) is 5.82 Å². The monoisotopic (exact) mass is 377 g/mol. The summed E-state index contributed by atoms with van der Waals surface area (Å²) in [4.78, 5) is 23.2. The van der Waals surface area contributed by atoms with Gasteiger partial charge in [0.25, 0.3) is 0 Å². The molecule has 1 aliphatic heterocycles. The van der Waals surface area contributed by atoms with Gasteiger partial charge in [0, 0.05) is 50.5 Å². The Kier molecular flexibility index (Phi) is 5.46. The quantitative estimate of drug-likeness (QED) is 0.711. The van der Waals surface area contributed by atoms with Crippen LogP contribution in [0, 0.1) is 0 Å². The van der Waals surface area contributed by atoms with E-state index < -0.39 is 0 Å². The highest BCUT2D eigenvalue weighted by Gasteiger charge is 2.21. The number of urea groups is 1. The second kappa shape index (κ2) is 8.51. The van der Waals surface area contributed by atoms with Crippen molar-refractivity contribution in [1.29, 1.82) is 0 Å². The third-order valence-electron chi connectivity index (χ3n) is 4.81. The van der Waals surface area contributed by atoms with Crippen LogP contribution in [0.4, 0.5) is 10.6 Å². The molecular formula is C20H23N7O. The second-order valence-corrected chi connectivity index (χ2v) is 6.75. The van der Waals surface area contributed by atoms with Gasteiger partial charge in [0.15, 0.2) is 5.82 Å². The van der Waals surface area contributed by atoms with Crippen LogP contribution in [0.15, 0.2) is 61.2 Å². The van der Waals surface area contributed by atoms with E-state index in [1.807, 2.05) is 48.8 Å². The predicted molar refractivity (Wildman–Crippen MR) is 106 cm³/mol. The maximum atomic E-state index is 12.3. The molecule has 8 heteroatoms. The number of carbonyl (C=O) groups excluding carboxylic acids is 1. The third-order valence-corrected chi connectivity index (χ3v) is 4.81. The number of nitrogens with one attached hydrogen (secondary N) is 2. The van der Waals surface area contributed by atoms with Gasteiger partial charge in [0.05, 0.1) is 0 Å². The highest BCUT2D eigenvalue weighted by Crippen LogP contribution is 2.17. The van der Waals surface area contributed by atoms with Crippen LogP contribution in [0.5, 0.6) is 0 Å². The lowest BCUT2D eigenvalue weighted by Crippen LogP contribution is -2.48. The third kappa shape index (κ3) is 4.46. The lowest BCUT2D eigenvalue weighted by Gasteiger charge is -2.33. The summed E-state index contributed by atoms with van der Waals surface area (Å²) in [5.74, 6) is 1.72. The number of hydrogen-bond acceptors (Lipinski definition) is 5. The molecule has 2 N–H and O–H groups in total. The minimum atomic E-state index is -0.145. The van der Waals surface area contributed by atoms with Gasteiger partial charge in [0.1, 0.15) is 5.82 Å². The summed E-state index contributed by atoms with van der Waals surface area (Å²) in [7, 11) is 0. The number of anilines is 1. The summed E-state index contributed by atoms with van der Waals surface area (Å²) in [6.07, 6.45) is 8.89. The molecule has 144 valence electrons. The first-order valence-electron chi connectivity index (χ1n) is 9.43. The van der Waals surface area contributed by atoms with E-state index in [0.29, 0.717) is 6.54 Å². The van der Waals surface area contributed by atoms with Crippen molar-refractivity contribution >= 4 is 11.8 Å². The maximum absolute atomic E-state index is 12.3. The second-order valence-electron chi connectivity index (χ2n) is 6.75. The van der Waals surface area contributed by atoms with E-state index in [1.165, 1.54) is 0 Å². The lowest BCUT2D eigenvalue weighted by molar-refractivity contribution is 0.234. The number of amides is 2. The molecule has 4 heterocycles. The lowest BCUT2D eigenvalue weighted by atomic mass is 10.1. The minimum Gasteiger partial charge on any atom is -0.356 e. The Bertz CT molecular complexity index is 890. The van der Waals surface area contributed by atoms with Crippen molar-refractivity contribution in [3.63, 3.8) is 0 Å². The summed E-state index contributed by atoms with van der Waals surface area (Å²) in [5.41, 5.74) is 0.973. The van der Waals surface area contributed by atoms with E-state index in [2.05, 4.69) is 30.6 Å². The van der Waals surface area contributed by atoms with Gasteiger partial charge in [-0.15, -0.1) is 0 Å². The van der Waals surface area contributed by atoms with Crippen molar-refractivity contribution in [2.45, 2.75) is 25.4 Å². The van der Waals surface area contributed by atoms with Crippen LogP contribution in [0.2, 0.25) is 0 Å². The SMILES string of the molecule is O=C(NCc1ccnc(-n2cccn2)c1)NC1CCN(c2ccccn2)CC1. The van der Waals surface area contributed by atoms with E-state index in [9.17, 15) is 4.79 Å². The molecule has 28 heavy (non-hydrogen) atoms. The van der Waals surface area contributed by atoms with Crippen LogP contribution in [0.3, 0.4) is 0 Å². The smallest absolute Gasteiger partial charge is 0.315 e. The van der Waals surface area contributed by atoms with Crippen LogP contribution < -0.4 is 15.5 Å². The molecule has 0 atom stereocenters. The van der Waals surface area contributed by atoms with E-state index >= 15 is 0 Å². The molecule has 3 aromatic heterocycles. The number of rotatable bonds is 5. The number of pyridine rings is 2. The predicted octanol–water partition coefficient (Wildman–Crippen LogP) is 2.13. The molecular weight excluding hydrogens is 354 g/mol. The van der Waals surface area contributed by atoms with Crippen LogP contribution in [-0.4, -0.2) is 44.9 Å². The fraction of sp³-hybridized carbons (Fsp3) is 0.300. The van der Waals surface area contributed by atoms with Gasteiger partial charge in [-0.3, -0.25) is 0 Å². The number of carbonyl (C=O) groups is 1. The molecule has 4 rings (SSSR count). The van der Waals surface area contributed by atoms with Gasteiger partial charge in [-0.05, 0) is 48.7 Å². The molecule has 1 fully saturated rings. The first-order valence-corrected chi connectivity index (χ1v) is 9.43. The fourth-order valence-electron chi connectivity index (χ4n) is 3.31. The van der Waals surface area contributed by atoms with Crippen molar-refractivity contribution in [2.24, 2.45) is 0 Å². The molecule has 0 spiro atoms. The molecule has 2 amide bonds. The summed E-state index contributed by atoms with van der Waals surface area (Å²) >= 11 is 0. The largest absolute Gasteiger partial charge is 0.356 e. The standard InChI is InChI=1S/C20H23N7O/c28-20(23-15-16-5-10-22-19(14-16)27-11-3-9-24-27)25-17-6-12-26(13-7-17)18-4-1-2-8-21-18/h1-5,8-11,14,17H,6-7,12-13,15H2,(H2,23,25,28). The number of piperidine rings is 1. The topological polar surface area (TPSA) is 88.0 Å². The van der Waals surface area contributed by atoms with Gasteiger partial charge in [-0.25, -0.2) is 19.4 Å². The van der Waals surface area contributed by atoms with Crippen molar-refractivity contribution < 1.29 is 4.79 Å². The van der Waals surface area contributed by atoms with Crippen molar-refractivity contribution in [1.82, 2.24) is 30.4 Å². The Morgan fingerprint density at radius 3 is 2.64 bits per heavy atom. The van der Waals surface area contributed by atoms with Crippen LogP contribution >= 0.6 is 0 Å². The van der Waals surface area contributed by atoms with Crippen molar-refractivity contribution in [3.05, 3.63) is 66.7 Å². The van der Waals surface area contributed by atoms with Gasteiger partial charge in [-0.2, -0.15) is 5.10 Å². The molecule has 1 aliphatic rings. The Morgan fingerprint density at radius 2 is 1.89 bits per heavy atom. The summed E-state index contributed by atoms with van der Waals surface area (Å²) in [6, 6.07) is 11.6. The van der Waals surface area contributed by atoms with E-state index in [4.69, 9.17) is 0 Å². The molecule has 1 saturated heterocycles. The normalized spacial score (nSPS) is 14.6. The van der Waals surface area contributed by atoms with Gasteiger partial charge < -0.3 is 15.5 Å². The fourth-order valence-corrected chi connectivity index (χ4v) is 3.31. The zero-order valence-corrected chi connectivity index (χ0v) is 15.5. The highest BCUT2D eigenvalue weighted by molar-refractivity contribution is 5.74. The molecule has 0 aromatic carbocycles. The average Bonchev–Trinajstić information content (AvgIpc) is 3.29. The Hall–Kier alpha value is -3.42. The first-order chi connectivity index (χ1) is 13.8. The van der Waals surface area contributed by atoms with Crippen molar-refractivity contribution in [2.75, 3.05) is 18.0 Å². The molecule has 0 bridgehead atoms. The van der Waals surface area contributed by atoms with Crippen LogP contribution in [0.25, 0.3) is 5.82 Å². The summed E-state index contributed by atoms with van der Waals surface area (Å²) in [6.45, 7) is 2.22. The Labute approximate surface area is 163 Å². The first kappa shape index (κ1) is 18.0. The molecule has 0 aliphatic carbocycles. The summed E-state index contributed by atoms with van der Waals surface area (Å²) < 4.78 is 1.69. The zero-order chi connectivity index (χ0) is 19.2. The molecule has 0 radical (unpaired) electrons. The highest BCUT2D eigenvalue weighted by atomic mass is 16.2. The molecule has 0 unspecified atom stereocenters. The number of hydrogen-bond donors (Lipinski definition) is 2. The summed E-state index contributed by atoms with van der Waals surface area (Å²) in [5, 5.41) is 10.2. The zero-order valence-electron chi connectivity index (χ0n) is 15.5. The average molecular weight is 377 g/mol. The molecule has 0 saturated carbocycles. The number of aromatic nitrogens is 4. The Morgan fingerprint density at radius 1 is 1.04 bits per heavy atom. The Balaban J connectivity index is 1.24. The van der Waals surface area contributed by atoms with Gasteiger partial charge in [-0.1, -0.05) is 6.07 Å². The van der Waals surface area contributed by atoms with Gasteiger partial charge in [0.2, 0.25) is 0 Å². The van der Waals surface area contributed by atoms with Gasteiger partial charge >= 0.3 is 6.03 Å². The molecule has 3 aromatic rings. The maximum Gasteiger partial charge on any atom is 0.315 e. The minimum absolute atomic E-state index is 0.145. The van der Waals surface area contributed by atoms with E-state index in [-0.39, 0.29) is 12.1 Å². The van der Waals surface area contributed by atoms with E-state index in [0.717, 1.165) is 43.1 Å². The van der Waals surface area contributed by atoms with Crippen LogP contribution in [-0.2, 0) is 6.54 Å². The molecule has 8 nitrogen and oxygen atoms in total. The number of nitrogens with zero attached hydrogens (tertiary/aromatic N) is 5. The van der Waals surface area contributed by atoms with E-state index in [1.54, 1.807) is 17.1 Å².